The highest BCUT2D eigenvalue weighted by molar-refractivity contribution is 7.92. The number of hydrogen-bond donors (Lipinski definition) is 0. The molecule has 1 aliphatic rings. The zero-order valence-electron chi connectivity index (χ0n) is 13.1. The van der Waals surface area contributed by atoms with Crippen molar-refractivity contribution in [1.29, 1.82) is 0 Å². The zero-order chi connectivity index (χ0) is 17.2. The van der Waals surface area contributed by atoms with Crippen LogP contribution in [0.15, 0.2) is 18.2 Å². The van der Waals surface area contributed by atoms with E-state index in [1.807, 2.05) is 0 Å². The van der Waals surface area contributed by atoms with Gasteiger partial charge in [0.05, 0.1) is 11.9 Å². The number of likely N-dealkylation sites (tertiary alicyclic amines) is 1. The number of rotatable bonds is 4. The average molecular weight is 379 g/mol. The Kier molecular flexibility index (Phi) is 5.81. The molecule has 1 fully saturated rings. The standard InChI is InChI=1S/C15H20Cl2N2O3S/c1-11-4-3-5-18(9-11)15(20)10-19(23(2,21)22)14-7-12(16)6-13(17)8-14/h6-8,11H,3-5,9-10H2,1-2H3/t11-/m0/s1. The number of sulfonamides is 1. The molecule has 1 aromatic rings. The van der Waals surface area contributed by atoms with Crippen LogP contribution in [0.25, 0.3) is 0 Å². The summed E-state index contributed by atoms with van der Waals surface area (Å²) in [4.78, 5) is 14.2. The van der Waals surface area contributed by atoms with Gasteiger partial charge in [-0.2, -0.15) is 0 Å². The Hall–Kier alpha value is -0.980. The summed E-state index contributed by atoms with van der Waals surface area (Å²) in [6.07, 6.45) is 3.09. The second kappa shape index (κ2) is 7.28. The van der Waals surface area contributed by atoms with E-state index in [2.05, 4.69) is 6.92 Å². The largest absolute Gasteiger partial charge is 0.341 e. The van der Waals surface area contributed by atoms with Crippen LogP contribution < -0.4 is 4.31 Å². The molecule has 0 bridgehead atoms. The van der Waals surface area contributed by atoms with Crippen molar-refractivity contribution in [2.75, 3.05) is 30.2 Å². The lowest BCUT2D eigenvalue weighted by atomic mass is 10.0. The molecule has 0 aromatic heterocycles. The van der Waals surface area contributed by atoms with Crippen LogP contribution in [0.3, 0.4) is 0 Å². The van der Waals surface area contributed by atoms with Gasteiger partial charge in [-0.3, -0.25) is 9.10 Å². The lowest BCUT2D eigenvalue weighted by Crippen LogP contribution is -2.46. The van der Waals surface area contributed by atoms with Crippen LogP contribution in [0.2, 0.25) is 10.0 Å². The molecule has 1 aromatic carbocycles. The van der Waals surface area contributed by atoms with Crippen molar-refractivity contribution < 1.29 is 13.2 Å². The molecule has 0 N–H and O–H groups in total. The molecular formula is C15H20Cl2N2O3S. The molecule has 1 aliphatic heterocycles. The Morgan fingerprint density at radius 3 is 2.43 bits per heavy atom. The van der Waals surface area contributed by atoms with Crippen LogP contribution in [-0.2, 0) is 14.8 Å². The summed E-state index contributed by atoms with van der Waals surface area (Å²) in [5.74, 6) is 0.220. The molecule has 0 aliphatic carbocycles. The van der Waals surface area contributed by atoms with Gasteiger partial charge in [0.25, 0.3) is 0 Å². The van der Waals surface area contributed by atoms with Gasteiger partial charge >= 0.3 is 0 Å². The fraction of sp³-hybridized carbons (Fsp3) is 0.533. The predicted octanol–water partition coefficient (Wildman–Crippen LogP) is 3.02. The molecule has 1 saturated heterocycles. The van der Waals surface area contributed by atoms with Crippen molar-refractivity contribution in [3.8, 4) is 0 Å². The van der Waals surface area contributed by atoms with Gasteiger partial charge in [-0.05, 0) is 37.0 Å². The minimum Gasteiger partial charge on any atom is -0.341 e. The molecule has 0 unspecified atom stereocenters. The van der Waals surface area contributed by atoms with Crippen molar-refractivity contribution in [2.45, 2.75) is 19.8 Å². The number of anilines is 1. The molecule has 0 saturated carbocycles. The summed E-state index contributed by atoms with van der Waals surface area (Å²) < 4.78 is 25.3. The van der Waals surface area contributed by atoms with Crippen molar-refractivity contribution in [3.05, 3.63) is 28.2 Å². The molecule has 5 nitrogen and oxygen atoms in total. The molecule has 8 heteroatoms. The van der Waals surface area contributed by atoms with Crippen LogP contribution in [0.1, 0.15) is 19.8 Å². The van der Waals surface area contributed by atoms with E-state index < -0.39 is 10.0 Å². The number of amides is 1. The highest BCUT2D eigenvalue weighted by Gasteiger charge is 2.27. The van der Waals surface area contributed by atoms with Crippen molar-refractivity contribution in [2.24, 2.45) is 5.92 Å². The Morgan fingerprint density at radius 2 is 1.91 bits per heavy atom. The summed E-state index contributed by atoms with van der Waals surface area (Å²) in [5.41, 5.74) is 0.295. The van der Waals surface area contributed by atoms with Gasteiger partial charge in [-0.1, -0.05) is 30.1 Å². The third-order valence-electron chi connectivity index (χ3n) is 3.82. The maximum Gasteiger partial charge on any atom is 0.243 e. The van der Waals surface area contributed by atoms with E-state index in [1.54, 1.807) is 4.90 Å². The first-order chi connectivity index (χ1) is 10.7. The fourth-order valence-corrected chi connectivity index (χ4v) is 4.07. The zero-order valence-corrected chi connectivity index (χ0v) is 15.5. The molecule has 128 valence electrons. The van der Waals surface area contributed by atoms with E-state index >= 15 is 0 Å². The van der Waals surface area contributed by atoms with E-state index in [0.717, 1.165) is 23.4 Å². The minimum absolute atomic E-state index is 0.210. The predicted molar refractivity (Wildman–Crippen MR) is 93.6 cm³/mol. The summed E-state index contributed by atoms with van der Waals surface area (Å²) in [5, 5.41) is 0.639. The maximum absolute atomic E-state index is 12.5. The molecule has 1 heterocycles. The number of carbonyl (C=O) groups is 1. The van der Waals surface area contributed by atoms with Crippen LogP contribution in [-0.4, -0.2) is 45.1 Å². The van der Waals surface area contributed by atoms with Gasteiger partial charge in [0.1, 0.15) is 6.54 Å². The normalized spacial score (nSPS) is 18.8. The van der Waals surface area contributed by atoms with E-state index in [4.69, 9.17) is 23.2 Å². The van der Waals surface area contributed by atoms with Gasteiger partial charge in [0.15, 0.2) is 0 Å². The number of benzene rings is 1. The summed E-state index contributed by atoms with van der Waals surface area (Å²) in [6.45, 7) is 3.16. The Balaban J connectivity index is 2.24. The fourth-order valence-electron chi connectivity index (χ4n) is 2.72. The Labute approximate surface area is 147 Å². The molecule has 0 spiro atoms. The maximum atomic E-state index is 12.5. The Bertz CT molecular complexity index is 674. The molecular weight excluding hydrogens is 359 g/mol. The van der Waals surface area contributed by atoms with Crippen LogP contribution in [0.5, 0.6) is 0 Å². The summed E-state index contributed by atoms with van der Waals surface area (Å²) >= 11 is 11.9. The number of nitrogens with zero attached hydrogens (tertiary/aromatic N) is 2. The third-order valence-corrected chi connectivity index (χ3v) is 5.40. The Morgan fingerprint density at radius 1 is 1.30 bits per heavy atom. The minimum atomic E-state index is -3.63. The smallest absolute Gasteiger partial charge is 0.243 e. The number of hydrogen-bond acceptors (Lipinski definition) is 3. The lowest BCUT2D eigenvalue weighted by molar-refractivity contribution is -0.131. The molecule has 0 radical (unpaired) electrons. The second-order valence-electron chi connectivity index (χ2n) is 5.98. The molecule has 2 rings (SSSR count). The van der Waals surface area contributed by atoms with Gasteiger partial charge in [0.2, 0.25) is 15.9 Å². The number of halogens is 2. The summed E-state index contributed by atoms with van der Waals surface area (Å²) in [6, 6.07) is 4.49. The van der Waals surface area contributed by atoms with Crippen LogP contribution >= 0.6 is 23.2 Å². The van der Waals surface area contributed by atoms with Crippen LogP contribution in [0, 0.1) is 5.92 Å². The van der Waals surface area contributed by atoms with Gasteiger partial charge in [-0.15, -0.1) is 0 Å². The summed E-state index contributed by atoms with van der Waals surface area (Å²) in [7, 11) is -3.63. The quantitative estimate of drug-likeness (QED) is 0.808. The van der Waals surface area contributed by atoms with E-state index in [-0.39, 0.29) is 12.5 Å². The number of piperidine rings is 1. The van der Waals surface area contributed by atoms with Crippen molar-refractivity contribution in [1.82, 2.24) is 4.90 Å². The average Bonchev–Trinajstić information content (AvgIpc) is 2.42. The number of carbonyl (C=O) groups excluding carboxylic acids is 1. The van der Waals surface area contributed by atoms with E-state index in [0.29, 0.717) is 34.7 Å². The SMILES string of the molecule is C[C@H]1CCCN(C(=O)CN(c2cc(Cl)cc(Cl)c2)S(C)(=O)=O)C1. The van der Waals surface area contributed by atoms with E-state index in [9.17, 15) is 13.2 Å². The second-order valence-corrected chi connectivity index (χ2v) is 8.76. The van der Waals surface area contributed by atoms with Gasteiger partial charge in [0, 0.05) is 23.1 Å². The molecule has 1 atom stereocenters. The first kappa shape index (κ1) is 18.4. The van der Waals surface area contributed by atoms with Crippen molar-refractivity contribution in [3.63, 3.8) is 0 Å². The third kappa shape index (κ3) is 4.99. The van der Waals surface area contributed by atoms with Gasteiger partial charge < -0.3 is 4.90 Å². The molecule has 23 heavy (non-hydrogen) atoms. The van der Waals surface area contributed by atoms with E-state index in [1.165, 1.54) is 18.2 Å². The van der Waals surface area contributed by atoms with Crippen LogP contribution in [0.4, 0.5) is 5.69 Å². The monoisotopic (exact) mass is 378 g/mol. The van der Waals surface area contributed by atoms with Crippen molar-refractivity contribution >= 4 is 44.8 Å². The van der Waals surface area contributed by atoms with Gasteiger partial charge in [-0.25, -0.2) is 8.42 Å². The first-order valence-corrected chi connectivity index (χ1v) is 9.99. The lowest BCUT2D eigenvalue weighted by Gasteiger charge is -2.33. The highest BCUT2D eigenvalue weighted by Crippen LogP contribution is 2.27. The highest BCUT2D eigenvalue weighted by atomic mass is 35.5. The first-order valence-electron chi connectivity index (χ1n) is 7.38. The molecule has 1 amide bonds. The topological polar surface area (TPSA) is 57.7 Å².